The second kappa shape index (κ2) is 12.6. The fraction of sp³-hybridized carbons (Fsp3) is 0.417. The molecular weight excluding hydrogens is 478 g/mol. The number of carbonyl (C=O) groups excluding carboxylic acids is 2. The summed E-state index contributed by atoms with van der Waals surface area (Å²) in [7, 11) is -3.79. The van der Waals surface area contributed by atoms with E-state index in [4.69, 9.17) is 16.3 Å². The molecule has 0 aliphatic rings. The molecule has 0 aliphatic carbocycles. The standard InChI is InChI=1S/C24H32ClN3O5S/c1-5-14-26-24(30)18(3)27(16-19-8-7-9-20(25)15-19)23(29)17-28(34(4,31)32)21-10-12-22(13-11-21)33-6-2/h7-13,15,18H,5-6,14,16-17H2,1-4H3,(H,26,30)/t18-/m0/s1. The molecule has 1 N–H and O–H groups in total. The molecule has 1 atom stereocenters. The second-order valence-electron chi connectivity index (χ2n) is 7.82. The molecule has 2 aromatic carbocycles. The van der Waals surface area contributed by atoms with Gasteiger partial charge in [-0.3, -0.25) is 13.9 Å². The molecule has 2 rings (SSSR count). The Balaban J connectivity index is 2.35. The number of ether oxygens (including phenoxy) is 1. The van der Waals surface area contributed by atoms with E-state index in [1.165, 1.54) is 4.90 Å². The Morgan fingerprint density at radius 2 is 1.79 bits per heavy atom. The molecule has 0 aromatic heterocycles. The number of nitrogens with one attached hydrogen (secondary N) is 1. The second-order valence-corrected chi connectivity index (χ2v) is 10.2. The van der Waals surface area contributed by atoms with Gasteiger partial charge in [-0.2, -0.15) is 0 Å². The fourth-order valence-electron chi connectivity index (χ4n) is 3.30. The molecule has 34 heavy (non-hydrogen) atoms. The van der Waals surface area contributed by atoms with E-state index in [1.54, 1.807) is 55.5 Å². The van der Waals surface area contributed by atoms with Crippen LogP contribution in [0.25, 0.3) is 0 Å². The number of amides is 2. The highest BCUT2D eigenvalue weighted by Gasteiger charge is 2.30. The fourth-order valence-corrected chi connectivity index (χ4v) is 4.36. The maximum atomic E-state index is 13.4. The van der Waals surface area contributed by atoms with Crippen LogP contribution in [0.15, 0.2) is 48.5 Å². The van der Waals surface area contributed by atoms with E-state index in [9.17, 15) is 18.0 Å². The first kappa shape index (κ1) is 27.5. The summed E-state index contributed by atoms with van der Waals surface area (Å²) in [6.45, 7) is 5.99. The minimum Gasteiger partial charge on any atom is -0.494 e. The van der Waals surface area contributed by atoms with E-state index in [1.807, 2.05) is 13.8 Å². The molecule has 0 heterocycles. The van der Waals surface area contributed by atoms with E-state index in [-0.39, 0.29) is 12.5 Å². The molecular formula is C24H32ClN3O5S. The molecule has 2 aromatic rings. The Morgan fingerprint density at radius 1 is 1.12 bits per heavy atom. The van der Waals surface area contributed by atoms with Gasteiger partial charge in [-0.05, 0) is 62.2 Å². The van der Waals surface area contributed by atoms with Gasteiger partial charge in [0.05, 0.1) is 18.6 Å². The van der Waals surface area contributed by atoms with Crippen molar-refractivity contribution in [1.82, 2.24) is 10.2 Å². The van der Waals surface area contributed by atoms with Gasteiger partial charge in [-0.1, -0.05) is 30.7 Å². The Morgan fingerprint density at radius 3 is 2.35 bits per heavy atom. The number of rotatable bonds is 12. The predicted molar refractivity (Wildman–Crippen MR) is 135 cm³/mol. The molecule has 0 fully saturated rings. The highest BCUT2D eigenvalue weighted by molar-refractivity contribution is 7.92. The molecule has 0 saturated heterocycles. The molecule has 0 unspecified atom stereocenters. The van der Waals surface area contributed by atoms with Crippen LogP contribution in [0.2, 0.25) is 5.02 Å². The van der Waals surface area contributed by atoms with Gasteiger partial charge in [0.2, 0.25) is 21.8 Å². The molecule has 0 aliphatic heterocycles. The molecule has 8 nitrogen and oxygen atoms in total. The van der Waals surface area contributed by atoms with E-state index in [0.717, 1.165) is 22.5 Å². The van der Waals surface area contributed by atoms with E-state index < -0.39 is 28.5 Å². The lowest BCUT2D eigenvalue weighted by molar-refractivity contribution is -0.139. The minimum atomic E-state index is -3.79. The normalized spacial score (nSPS) is 12.0. The summed E-state index contributed by atoms with van der Waals surface area (Å²) >= 11 is 6.10. The number of anilines is 1. The van der Waals surface area contributed by atoms with Crippen LogP contribution in [0, 0.1) is 0 Å². The summed E-state index contributed by atoms with van der Waals surface area (Å²) in [6.07, 6.45) is 1.79. The first-order valence-corrected chi connectivity index (χ1v) is 13.3. The topological polar surface area (TPSA) is 96.0 Å². The zero-order valence-electron chi connectivity index (χ0n) is 20.0. The number of carbonyl (C=O) groups is 2. The van der Waals surface area contributed by atoms with Crippen LogP contribution in [-0.4, -0.2) is 57.1 Å². The zero-order chi connectivity index (χ0) is 25.3. The summed E-state index contributed by atoms with van der Waals surface area (Å²) in [5.41, 5.74) is 1.05. The highest BCUT2D eigenvalue weighted by atomic mass is 35.5. The lowest BCUT2D eigenvalue weighted by Gasteiger charge is -2.31. The third-order valence-electron chi connectivity index (χ3n) is 5.07. The van der Waals surface area contributed by atoms with Gasteiger partial charge in [-0.15, -0.1) is 0 Å². The SMILES string of the molecule is CCCNC(=O)[C@H](C)N(Cc1cccc(Cl)c1)C(=O)CN(c1ccc(OCC)cc1)S(C)(=O)=O. The van der Waals surface area contributed by atoms with Crippen molar-refractivity contribution in [2.24, 2.45) is 0 Å². The van der Waals surface area contributed by atoms with Crippen molar-refractivity contribution in [3.05, 3.63) is 59.1 Å². The number of benzene rings is 2. The third kappa shape index (κ3) is 7.92. The van der Waals surface area contributed by atoms with Crippen molar-refractivity contribution in [3.63, 3.8) is 0 Å². The molecule has 0 bridgehead atoms. The zero-order valence-corrected chi connectivity index (χ0v) is 21.5. The predicted octanol–water partition coefficient (Wildman–Crippen LogP) is 3.45. The first-order valence-electron chi connectivity index (χ1n) is 11.1. The number of hydrogen-bond donors (Lipinski definition) is 1. The summed E-state index contributed by atoms with van der Waals surface area (Å²) in [5, 5.41) is 3.29. The lowest BCUT2D eigenvalue weighted by Crippen LogP contribution is -2.51. The Labute approximate surface area is 206 Å². The van der Waals surface area contributed by atoms with Crippen molar-refractivity contribution in [2.45, 2.75) is 39.8 Å². The number of nitrogens with zero attached hydrogens (tertiary/aromatic N) is 2. The van der Waals surface area contributed by atoms with Gasteiger partial charge in [0, 0.05) is 18.1 Å². The molecule has 0 saturated carbocycles. The number of halogens is 1. The summed E-state index contributed by atoms with van der Waals surface area (Å²) in [6, 6.07) is 12.6. The van der Waals surface area contributed by atoms with E-state index >= 15 is 0 Å². The average Bonchev–Trinajstić information content (AvgIpc) is 2.79. The van der Waals surface area contributed by atoms with Gasteiger partial charge >= 0.3 is 0 Å². The lowest BCUT2D eigenvalue weighted by atomic mass is 10.1. The van der Waals surface area contributed by atoms with Crippen molar-refractivity contribution < 1.29 is 22.7 Å². The molecule has 186 valence electrons. The van der Waals surface area contributed by atoms with Crippen molar-refractivity contribution in [3.8, 4) is 5.75 Å². The largest absolute Gasteiger partial charge is 0.494 e. The van der Waals surface area contributed by atoms with Gasteiger partial charge in [0.1, 0.15) is 18.3 Å². The van der Waals surface area contributed by atoms with Crippen LogP contribution in [0.3, 0.4) is 0 Å². The van der Waals surface area contributed by atoms with E-state index in [2.05, 4.69) is 5.32 Å². The van der Waals surface area contributed by atoms with Crippen LogP contribution in [-0.2, 0) is 26.2 Å². The maximum absolute atomic E-state index is 13.4. The minimum absolute atomic E-state index is 0.0982. The summed E-state index contributed by atoms with van der Waals surface area (Å²) < 4.78 is 31.6. The molecule has 0 radical (unpaired) electrons. The molecule has 10 heteroatoms. The third-order valence-corrected chi connectivity index (χ3v) is 6.45. The Kier molecular flexibility index (Phi) is 10.2. The molecule has 2 amide bonds. The van der Waals surface area contributed by atoms with Crippen LogP contribution >= 0.6 is 11.6 Å². The maximum Gasteiger partial charge on any atom is 0.244 e. The quantitative estimate of drug-likeness (QED) is 0.472. The van der Waals surface area contributed by atoms with Crippen molar-refractivity contribution >= 4 is 39.1 Å². The Hall–Kier alpha value is -2.78. The molecule has 0 spiro atoms. The smallest absolute Gasteiger partial charge is 0.244 e. The highest BCUT2D eigenvalue weighted by Crippen LogP contribution is 2.23. The van der Waals surface area contributed by atoms with Gasteiger partial charge in [0.15, 0.2) is 0 Å². The van der Waals surface area contributed by atoms with Crippen LogP contribution in [0.4, 0.5) is 5.69 Å². The van der Waals surface area contributed by atoms with Gasteiger partial charge in [0.25, 0.3) is 0 Å². The summed E-state index contributed by atoms with van der Waals surface area (Å²) in [4.78, 5) is 27.5. The van der Waals surface area contributed by atoms with Crippen LogP contribution in [0.5, 0.6) is 5.75 Å². The monoisotopic (exact) mass is 509 g/mol. The van der Waals surface area contributed by atoms with Crippen molar-refractivity contribution in [2.75, 3.05) is 30.3 Å². The first-order chi connectivity index (χ1) is 16.1. The van der Waals surface area contributed by atoms with Gasteiger partial charge in [-0.25, -0.2) is 8.42 Å². The van der Waals surface area contributed by atoms with Gasteiger partial charge < -0.3 is 15.0 Å². The number of hydrogen-bond acceptors (Lipinski definition) is 5. The van der Waals surface area contributed by atoms with Crippen LogP contribution in [0.1, 0.15) is 32.8 Å². The Bertz CT molecular complexity index is 1080. The average molecular weight is 510 g/mol. The summed E-state index contributed by atoms with van der Waals surface area (Å²) in [5.74, 6) is -0.238. The van der Waals surface area contributed by atoms with Crippen molar-refractivity contribution in [1.29, 1.82) is 0 Å². The number of sulfonamides is 1. The van der Waals surface area contributed by atoms with Crippen LogP contribution < -0.4 is 14.4 Å². The van der Waals surface area contributed by atoms with E-state index in [0.29, 0.717) is 29.6 Å².